The van der Waals surface area contributed by atoms with Gasteiger partial charge in [0.15, 0.2) is 0 Å². The summed E-state index contributed by atoms with van der Waals surface area (Å²) in [5, 5.41) is 2.92. The first kappa shape index (κ1) is 15.5. The predicted molar refractivity (Wildman–Crippen MR) is 83.1 cm³/mol. The lowest BCUT2D eigenvalue weighted by Gasteiger charge is -2.17. The van der Waals surface area contributed by atoms with E-state index in [2.05, 4.69) is 17.1 Å². The maximum Gasteiger partial charge on any atom is 0.227 e. The quantitative estimate of drug-likeness (QED) is 0.853. The Morgan fingerprint density at radius 1 is 1.38 bits per heavy atom. The molecule has 1 fully saturated rings. The Balaban J connectivity index is 1.86. The molecular formula is C16H23N3O2. The normalized spacial score (nSPS) is 18.3. The van der Waals surface area contributed by atoms with Crippen molar-refractivity contribution in [2.75, 3.05) is 38.1 Å². The number of amides is 2. The first-order valence-corrected chi connectivity index (χ1v) is 7.43. The number of carbonyl (C=O) groups excluding carboxylic acids is 2. The molecule has 5 nitrogen and oxygen atoms in total. The second-order valence-electron chi connectivity index (χ2n) is 5.43. The van der Waals surface area contributed by atoms with Gasteiger partial charge in [0.2, 0.25) is 11.8 Å². The first-order chi connectivity index (χ1) is 10.1. The zero-order valence-corrected chi connectivity index (χ0v) is 12.7. The summed E-state index contributed by atoms with van der Waals surface area (Å²) in [6.07, 6.45) is 0.296. The minimum atomic E-state index is -0.246. The van der Waals surface area contributed by atoms with Gasteiger partial charge in [-0.05, 0) is 25.7 Å². The summed E-state index contributed by atoms with van der Waals surface area (Å²) in [5.74, 6) is -0.247. The second-order valence-corrected chi connectivity index (χ2v) is 5.43. The van der Waals surface area contributed by atoms with Gasteiger partial charge in [0, 0.05) is 31.7 Å². The van der Waals surface area contributed by atoms with Gasteiger partial charge in [0.1, 0.15) is 0 Å². The Hall–Kier alpha value is -1.88. The highest BCUT2D eigenvalue weighted by atomic mass is 16.2. The highest BCUT2D eigenvalue weighted by molar-refractivity contribution is 6.00. The summed E-state index contributed by atoms with van der Waals surface area (Å²) in [6, 6.07) is 9.51. The van der Waals surface area contributed by atoms with Crippen molar-refractivity contribution >= 4 is 17.5 Å². The van der Waals surface area contributed by atoms with E-state index in [1.165, 1.54) is 0 Å². The van der Waals surface area contributed by atoms with Crippen LogP contribution in [0.2, 0.25) is 0 Å². The van der Waals surface area contributed by atoms with Crippen LogP contribution in [0.4, 0.5) is 5.69 Å². The van der Waals surface area contributed by atoms with Crippen LogP contribution in [0.3, 0.4) is 0 Å². The third-order valence-electron chi connectivity index (χ3n) is 3.90. The summed E-state index contributed by atoms with van der Waals surface area (Å²) < 4.78 is 0. The molecule has 0 bridgehead atoms. The molecule has 21 heavy (non-hydrogen) atoms. The fourth-order valence-electron chi connectivity index (χ4n) is 2.41. The predicted octanol–water partition coefficient (Wildman–Crippen LogP) is 1.11. The van der Waals surface area contributed by atoms with E-state index in [4.69, 9.17) is 0 Å². The molecule has 1 atom stereocenters. The Labute approximate surface area is 125 Å². The van der Waals surface area contributed by atoms with Crippen LogP contribution in [0.5, 0.6) is 0 Å². The fourth-order valence-corrected chi connectivity index (χ4v) is 2.41. The van der Waals surface area contributed by atoms with Crippen LogP contribution in [-0.4, -0.2) is 49.9 Å². The summed E-state index contributed by atoms with van der Waals surface area (Å²) in [4.78, 5) is 28.0. The van der Waals surface area contributed by atoms with Gasteiger partial charge in [-0.15, -0.1) is 0 Å². The van der Waals surface area contributed by atoms with E-state index < -0.39 is 0 Å². The maximum absolute atomic E-state index is 12.1. The van der Waals surface area contributed by atoms with E-state index in [0.29, 0.717) is 19.5 Å². The molecule has 1 aliphatic heterocycles. The average molecular weight is 289 g/mol. The lowest BCUT2D eigenvalue weighted by molar-refractivity contribution is -0.126. The number of hydrogen-bond donors (Lipinski definition) is 1. The van der Waals surface area contributed by atoms with Crippen molar-refractivity contribution in [3.05, 3.63) is 30.3 Å². The summed E-state index contributed by atoms with van der Waals surface area (Å²) in [5.41, 5.74) is 0.864. The standard InChI is InChI=1S/C16H23N3O2/c1-3-18(2)10-9-17-16(21)13-11-15(20)19(12-13)14-7-5-4-6-8-14/h4-8,13H,3,9-12H2,1-2H3,(H,17,21)/t13-/m1/s1. The highest BCUT2D eigenvalue weighted by Gasteiger charge is 2.34. The van der Waals surface area contributed by atoms with E-state index in [1.807, 2.05) is 37.4 Å². The van der Waals surface area contributed by atoms with E-state index in [-0.39, 0.29) is 17.7 Å². The number of rotatable bonds is 6. The van der Waals surface area contributed by atoms with Gasteiger partial charge in [0.25, 0.3) is 0 Å². The molecule has 0 aromatic heterocycles. The molecule has 0 saturated carbocycles. The largest absolute Gasteiger partial charge is 0.355 e. The Bertz CT molecular complexity index is 490. The molecule has 5 heteroatoms. The van der Waals surface area contributed by atoms with E-state index in [0.717, 1.165) is 18.8 Å². The SMILES string of the molecule is CCN(C)CCNC(=O)[C@@H]1CC(=O)N(c2ccccc2)C1. The minimum Gasteiger partial charge on any atom is -0.355 e. The Kier molecular flexibility index (Phi) is 5.33. The Morgan fingerprint density at radius 2 is 2.10 bits per heavy atom. The van der Waals surface area contributed by atoms with Gasteiger partial charge in [0.05, 0.1) is 5.92 Å². The number of likely N-dealkylation sites (N-methyl/N-ethyl adjacent to an activating group) is 1. The maximum atomic E-state index is 12.1. The molecule has 0 spiro atoms. The number of benzene rings is 1. The van der Waals surface area contributed by atoms with E-state index >= 15 is 0 Å². The number of hydrogen-bond acceptors (Lipinski definition) is 3. The van der Waals surface area contributed by atoms with E-state index in [9.17, 15) is 9.59 Å². The van der Waals surface area contributed by atoms with Crippen molar-refractivity contribution in [2.45, 2.75) is 13.3 Å². The molecule has 1 aromatic carbocycles. The second kappa shape index (κ2) is 7.22. The first-order valence-electron chi connectivity index (χ1n) is 7.43. The van der Waals surface area contributed by atoms with E-state index in [1.54, 1.807) is 4.90 Å². The van der Waals surface area contributed by atoms with Crippen molar-refractivity contribution in [2.24, 2.45) is 5.92 Å². The van der Waals surface area contributed by atoms with Gasteiger partial charge >= 0.3 is 0 Å². The Morgan fingerprint density at radius 3 is 2.76 bits per heavy atom. The van der Waals surface area contributed by atoms with Crippen LogP contribution in [0.1, 0.15) is 13.3 Å². The molecule has 2 amide bonds. The zero-order valence-electron chi connectivity index (χ0n) is 12.7. The third-order valence-corrected chi connectivity index (χ3v) is 3.90. The summed E-state index contributed by atoms with van der Waals surface area (Å²) in [6.45, 7) is 4.96. The topological polar surface area (TPSA) is 52.7 Å². The lowest BCUT2D eigenvalue weighted by Crippen LogP contribution is -2.37. The number of para-hydroxylation sites is 1. The molecule has 114 valence electrons. The van der Waals surface area contributed by atoms with Gasteiger partial charge < -0.3 is 15.1 Å². The molecular weight excluding hydrogens is 266 g/mol. The summed E-state index contributed by atoms with van der Waals surface area (Å²) >= 11 is 0. The van der Waals surface area contributed by atoms with Crippen molar-refractivity contribution in [1.29, 1.82) is 0 Å². The molecule has 0 radical (unpaired) electrons. The van der Waals surface area contributed by atoms with Crippen molar-refractivity contribution in [1.82, 2.24) is 10.2 Å². The van der Waals surface area contributed by atoms with Crippen molar-refractivity contribution in [3.63, 3.8) is 0 Å². The molecule has 1 heterocycles. The van der Waals surface area contributed by atoms with Gasteiger partial charge in [-0.2, -0.15) is 0 Å². The number of anilines is 1. The van der Waals surface area contributed by atoms with Crippen LogP contribution in [0, 0.1) is 5.92 Å². The monoisotopic (exact) mass is 289 g/mol. The van der Waals surface area contributed by atoms with Crippen LogP contribution >= 0.6 is 0 Å². The molecule has 1 N–H and O–H groups in total. The van der Waals surface area contributed by atoms with Crippen molar-refractivity contribution in [3.8, 4) is 0 Å². The van der Waals surface area contributed by atoms with Gasteiger partial charge in [-0.25, -0.2) is 0 Å². The molecule has 1 aromatic rings. The average Bonchev–Trinajstić information content (AvgIpc) is 2.90. The van der Waals surface area contributed by atoms with Crippen LogP contribution in [0.25, 0.3) is 0 Å². The highest BCUT2D eigenvalue weighted by Crippen LogP contribution is 2.24. The molecule has 0 aliphatic carbocycles. The fraction of sp³-hybridized carbons (Fsp3) is 0.500. The van der Waals surface area contributed by atoms with Gasteiger partial charge in [-0.3, -0.25) is 9.59 Å². The van der Waals surface area contributed by atoms with Crippen LogP contribution in [-0.2, 0) is 9.59 Å². The smallest absolute Gasteiger partial charge is 0.227 e. The number of nitrogens with one attached hydrogen (secondary N) is 1. The number of nitrogens with zero attached hydrogens (tertiary/aromatic N) is 2. The van der Waals surface area contributed by atoms with Crippen molar-refractivity contribution < 1.29 is 9.59 Å². The molecule has 1 saturated heterocycles. The van der Waals surface area contributed by atoms with Crippen LogP contribution < -0.4 is 10.2 Å². The van der Waals surface area contributed by atoms with Gasteiger partial charge in [-0.1, -0.05) is 25.1 Å². The molecule has 2 rings (SSSR count). The lowest BCUT2D eigenvalue weighted by atomic mass is 10.1. The molecule has 0 unspecified atom stereocenters. The summed E-state index contributed by atoms with van der Waals surface area (Å²) in [7, 11) is 2.02. The third kappa shape index (κ3) is 4.04. The molecule has 1 aliphatic rings. The zero-order chi connectivity index (χ0) is 15.2. The minimum absolute atomic E-state index is 0.0204. The van der Waals surface area contributed by atoms with Crippen LogP contribution in [0.15, 0.2) is 30.3 Å². The number of carbonyl (C=O) groups is 2.